The van der Waals surface area contributed by atoms with Crippen molar-refractivity contribution in [3.8, 4) is 11.5 Å². The average Bonchev–Trinajstić information content (AvgIpc) is 3.49. The van der Waals surface area contributed by atoms with E-state index in [2.05, 4.69) is 4.98 Å². The summed E-state index contributed by atoms with van der Waals surface area (Å²) in [5, 5.41) is 12.3. The fourth-order valence-corrected chi connectivity index (χ4v) is 7.30. The molecule has 0 unspecified atom stereocenters. The zero-order valence-corrected chi connectivity index (χ0v) is 30.0. The van der Waals surface area contributed by atoms with Crippen molar-refractivity contribution in [1.29, 1.82) is 0 Å². The van der Waals surface area contributed by atoms with Gasteiger partial charge in [0.2, 0.25) is 0 Å². The highest BCUT2D eigenvalue weighted by atomic mass is 32.2. The zero-order valence-electron chi connectivity index (χ0n) is 29.1. The highest BCUT2D eigenvalue weighted by Gasteiger charge is 2.51. The van der Waals surface area contributed by atoms with Crippen molar-refractivity contribution in [2.24, 2.45) is 0 Å². The van der Waals surface area contributed by atoms with E-state index in [4.69, 9.17) is 23.1 Å². The highest BCUT2D eigenvalue weighted by molar-refractivity contribution is 7.86. The van der Waals surface area contributed by atoms with Gasteiger partial charge in [-0.3, -0.25) is 18.5 Å². The summed E-state index contributed by atoms with van der Waals surface area (Å²) in [6.45, 7) is 2.35. The number of aliphatic hydroxyl groups is 1. The molecule has 2 N–H and O–H groups in total. The number of hydrogen-bond donors (Lipinski definition) is 2. The maximum absolute atomic E-state index is 13.3. The Morgan fingerprint density at radius 2 is 1.40 bits per heavy atom. The number of ether oxygens (including phenoxy) is 4. The number of benzene rings is 4. The van der Waals surface area contributed by atoms with Crippen molar-refractivity contribution in [3.05, 3.63) is 158 Å². The Morgan fingerprint density at radius 3 is 1.96 bits per heavy atom. The lowest BCUT2D eigenvalue weighted by molar-refractivity contribution is -0.129. The van der Waals surface area contributed by atoms with Gasteiger partial charge in [0.05, 0.1) is 32.3 Å². The van der Waals surface area contributed by atoms with Gasteiger partial charge >= 0.3 is 5.69 Å². The molecule has 5 aromatic rings. The van der Waals surface area contributed by atoms with Crippen LogP contribution in [0.2, 0.25) is 0 Å². The second-order valence-corrected chi connectivity index (χ2v) is 14.3. The molecule has 1 saturated heterocycles. The number of hydrogen-bond acceptors (Lipinski definition) is 10. The van der Waals surface area contributed by atoms with Crippen LogP contribution in [0.4, 0.5) is 0 Å². The largest absolute Gasteiger partial charge is 0.497 e. The number of nitrogens with zero attached hydrogens (tertiary/aromatic N) is 1. The summed E-state index contributed by atoms with van der Waals surface area (Å²) >= 11 is 0. The lowest BCUT2D eigenvalue weighted by Crippen LogP contribution is -2.47. The highest BCUT2D eigenvalue weighted by Crippen LogP contribution is 2.44. The lowest BCUT2D eigenvalue weighted by Gasteiger charge is -2.38. The molecule has 2 heterocycles. The molecule has 1 aliphatic rings. The van der Waals surface area contributed by atoms with Gasteiger partial charge in [-0.1, -0.05) is 72.3 Å². The summed E-state index contributed by atoms with van der Waals surface area (Å²) in [6.07, 6.45) is -1.27. The van der Waals surface area contributed by atoms with Crippen LogP contribution in [0, 0.1) is 13.8 Å². The average molecular weight is 729 g/mol. The first-order valence-electron chi connectivity index (χ1n) is 16.5. The fourth-order valence-electron chi connectivity index (χ4n) is 6.34. The molecule has 0 spiro atoms. The second-order valence-electron chi connectivity index (χ2n) is 12.7. The molecule has 272 valence electrons. The van der Waals surface area contributed by atoms with Gasteiger partial charge in [0.1, 0.15) is 35.0 Å². The van der Waals surface area contributed by atoms with E-state index in [1.165, 1.54) is 25.3 Å². The predicted octanol–water partition coefficient (Wildman–Crippen LogP) is 4.60. The van der Waals surface area contributed by atoms with Crippen LogP contribution < -0.4 is 20.7 Å². The molecule has 1 fully saturated rings. The van der Waals surface area contributed by atoms with Crippen molar-refractivity contribution in [1.82, 2.24) is 9.55 Å². The van der Waals surface area contributed by atoms with Crippen molar-refractivity contribution in [3.63, 3.8) is 0 Å². The standard InChI is InChI=1S/C39H40N2O10S/c1-26-10-20-33(21-11-26)52(45,46)50-25-38(44)22-35(41-23-27(2)36(42)40-37(41)43)51-34(38)24-49-39(28-8-6-5-7-9-28,29-12-16-31(47-3)17-13-29)30-14-18-32(48-4)19-15-30/h5-21,23,34-35,44H,22,24-25H2,1-4H3,(H,40,42,43)/t34-,35-,38-/m1/s1. The van der Waals surface area contributed by atoms with Crippen LogP contribution >= 0.6 is 0 Å². The molecular weight excluding hydrogens is 688 g/mol. The Kier molecular flexibility index (Phi) is 10.5. The van der Waals surface area contributed by atoms with Crippen LogP contribution in [-0.4, -0.2) is 62.2 Å². The molecule has 52 heavy (non-hydrogen) atoms. The number of aromatic nitrogens is 2. The molecular formula is C39H40N2O10S. The van der Waals surface area contributed by atoms with Gasteiger partial charge in [0, 0.05) is 18.2 Å². The quantitative estimate of drug-likeness (QED) is 0.130. The molecule has 0 amide bonds. The number of methoxy groups -OCH3 is 2. The van der Waals surface area contributed by atoms with Gasteiger partial charge in [-0.25, -0.2) is 4.79 Å². The SMILES string of the molecule is COc1ccc(C(OC[C@H]2O[C@@H](n3cc(C)c(=O)[nH]c3=O)C[C@@]2(O)COS(=O)(=O)c2ccc(C)cc2)(c2ccccc2)c2ccc(OC)cc2)cc1. The van der Waals surface area contributed by atoms with Crippen LogP contribution in [-0.2, 0) is 29.4 Å². The van der Waals surface area contributed by atoms with Gasteiger partial charge in [0.25, 0.3) is 15.7 Å². The topological polar surface area (TPSA) is 155 Å². The summed E-state index contributed by atoms with van der Waals surface area (Å²) < 4.78 is 57.4. The summed E-state index contributed by atoms with van der Waals surface area (Å²) in [6, 6.07) is 30.4. The molecule has 1 aliphatic heterocycles. The second kappa shape index (κ2) is 14.9. The Bertz CT molecular complexity index is 2170. The number of aryl methyl sites for hydroxylation is 2. The van der Waals surface area contributed by atoms with Crippen LogP contribution in [0.5, 0.6) is 11.5 Å². The summed E-state index contributed by atoms with van der Waals surface area (Å²) in [5.74, 6) is 1.26. The Hall–Kier alpha value is -5.05. The Labute approximate surface area is 301 Å². The molecule has 12 nitrogen and oxygen atoms in total. The third-order valence-corrected chi connectivity index (χ3v) is 10.6. The molecule has 13 heteroatoms. The maximum atomic E-state index is 13.3. The summed E-state index contributed by atoms with van der Waals surface area (Å²) in [5.41, 5.74) is -1.33. The van der Waals surface area contributed by atoms with E-state index in [0.29, 0.717) is 22.6 Å². The Morgan fingerprint density at radius 1 is 0.846 bits per heavy atom. The fraction of sp³-hybridized carbons (Fsp3) is 0.282. The molecule has 0 aliphatic carbocycles. The lowest BCUT2D eigenvalue weighted by atomic mass is 9.79. The smallest absolute Gasteiger partial charge is 0.330 e. The van der Waals surface area contributed by atoms with E-state index in [9.17, 15) is 23.1 Å². The third kappa shape index (κ3) is 7.31. The molecule has 1 aromatic heterocycles. The van der Waals surface area contributed by atoms with E-state index in [1.54, 1.807) is 26.4 Å². The zero-order chi connectivity index (χ0) is 37.1. The minimum Gasteiger partial charge on any atom is -0.497 e. The number of rotatable bonds is 13. The first-order chi connectivity index (χ1) is 24.9. The summed E-state index contributed by atoms with van der Waals surface area (Å²) in [4.78, 5) is 27.3. The van der Waals surface area contributed by atoms with Crippen LogP contribution in [0.15, 0.2) is 124 Å². The predicted molar refractivity (Wildman–Crippen MR) is 192 cm³/mol. The monoisotopic (exact) mass is 728 g/mol. The van der Waals surface area contributed by atoms with E-state index in [-0.39, 0.29) is 23.5 Å². The minimum atomic E-state index is -4.31. The minimum absolute atomic E-state index is 0.0837. The van der Waals surface area contributed by atoms with Crippen molar-refractivity contribution in [2.75, 3.05) is 27.4 Å². The van der Waals surface area contributed by atoms with E-state index < -0.39 is 51.5 Å². The molecule has 3 atom stereocenters. The van der Waals surface area contributed by atoms with Crippen molar-refractivity contribution in [2.45, 2.75) is 48.7 Å². The van der Waals surface area contributed by atoms with Crippen molar-refractivity contribution < 1.29 is 36.7 Å². The molecule has 0 radical (unpaired) electrons. The van der Waals surface area contributed by atoms with Crippen LogP contribution in [0.1, 0.15) is 40.5 Å². The van der Waals surface area contributed by atoms with Gasteiger partial charge in [0.15, 0.2) is 0 Å². The Balaban J connectivity index is 1.43. The van der Waals surface area contributed by atoms with Crippen molar-refractivity contribution >= 4 is 10.1 Å². The van der Waals surface area contributed by atoms with Crippen LogP contribution in [0.25, 0.3) is 0 Å². The molecule has 6 rings (SSSR count). The molecule has 0 saturated carbocycles. The maximum Gasteiger partial charge on any atom is 0.330 e. The molecule has 0 bridgehead atoms. The molecule has 4 aromatic carbocycles. The van der Waals surface area contributed by atoms with Gasteiger partial charge in [-0.2, -0.15) is 8.42 Å². The van der Waals surface area contributed by atoms with Crippen LogP contribution in [0.3, 0.4) is 0 Å². The normalized spacial score (nSPS) is 19.0. The first-order valence-corrected chi connectivity index (χ1v) is 17.9. The number of H-pyrrole nitrogens is 1. The van der Waals surface area contributed by atoms with E-state index in [0.717, 1.165) is 15.7 Å². The third-order valence-electron chi connectivity index (χ3n) is 9.30. The summed E-state index contributed by atoms with van der Waals surface area (Å²) in [7, 11) is -1.16. The number of aromatic amines is 1. The van der Waals surface area contributed by atoms with E-state index >= 15 is 0 Å². The van der Waals surface area contributed by atoms with Gasteiger partial charge in [-0.05, 0) is 66.9 Å². The van der Waals surface area contributed by atoms with E-state index in [1.807, 2.05) is 85.8 Å². The first kappa shape index (κ1) is 36.7. The number of nitrogens with one attached hydrogen (secondary N) is 1. The van der Waals surface area contributed by atoms with Gasteiger partial charge < -0.3 is 24.1 Å². The van der Waals surface area contributed by atoms with Gasteiger partial charge in [-0.15, -0.1) is 0 Å².